The molecule has 4 amide bonds. The smallest absolute Gasteiger partial charge is 0.340 e. The highest BCUT2D eigenvalue weighted by atomic mass is 16.5. The monoisotopic (exact) mass is 1570 g/mol. The first-order valence-corrected chi connectivity index (χ1v) is 44.2. The molecule has 620 valence electrons. The van der Waals surface area contributed by atoms with Gasteiger partial charge in [-0.2, -0.15) is 30.4 Å². The first-order chi connectivity index (χ1) is 56.2. The number of hydrazone groups is 4. The molecule has 6 aromatic carbocycles. The first-order valence-electron chi connectivity index (χ1n) is 44.2. The Balaban J connectivity index is 0.723. The van der Waals surface area contributed by atoms with Crippen molar-refractivity contribution >= 4 is 92.5 Å². The van der Waals surface area contributed by atoms with Gasteiger partial charge in [0.25, 0.3) is 11.8 Å². The molecule has 2 unspecified atom stereocenters. The van der Waals surface area contributed by atoms with Gasteiger partial charge in [0.1, 0.15) is 0 Å². The van der Waals surface area contributed by atoms with Crippen LogP contribution in [0, 0.1) is 18.8 Å². The standard InChI is InChI=1S/C97H134N10O8/c1-7-10-13-16-19-20-21-24-29-36-47-77-58-66-83(67-59-77)99-93(109)81-62-70-85(71-63-81)107-95(111)91(76(6)105-107)103-101-89-55-44-42-53-87(89)97(113)115-73-46-35-28-26-33-40-51-79(49-38-31-23-18-15-12-9-3)78(48-37-30-22-17-14-11-8-2)50-39-32-25-27-34-45-72-114-96(112)86-52-41-43-54-88(86)100-102-90-75(5)104-106(94(90)110)84-68-60-80(61-69-84)92(108)98-82-64-56-74(4)57-65-82/h41-44,52-71,78-79,100-101H,7-40,45-51,72-73H2,1-6H3,(H,98,108)(H,99,109)/b102-90-,103-91-. The van der Waals surface area contributed by atoms with Crippen LogP contribution in [0.5, 0.6) is 0 Å². The van der Waals surface area contributed by atoms with Crippen LogP contribution >= 0.6 is 0 Å². The van der Waals surface area contributed by atoms with Gasteiger partial charge in [-0.05, 0) is 161 Å². The lowest BCUT2D eigenvalue weighted by Gasteiger charge is -2.28. The van der Waals surface area contributed by atoms with E-state index in [4.69, 9.17) is 9.47 Å². The summed E-state index contributed by atoms with van der Waals surface area (Å²) >= 11 is 0. The van der Waals surface area contributed by atoms with Gasteiger partial charge in [0.05, 0.1) is 58.5 Å². The maximum Gasteiger partial charge on any atom is 0.340 e. The van der Waals surface area contributed by atoms with Crippen molar-refractivity contribution in [1.82, 2.24) is 0 Å². The van der Waals surface area contributed by atoms with Gasteiger partial charge in [-0.1, -0.05) is 312 Å². The number of hydrogen-bond donors (Lipinski definition) is 4. The molecule has 2 atom stereocenters. The van der Waals surface area contributed by atoms with Crippen LogP contribution in [0.25, 0.3) is 0 Å². The van der Waals surface area contributed by atoms with Gasteiger partial charge in [0, 0.05) is 22.5 Å². The van der Waals surface area contributed by atoms with Crippen molar-refractivity contribution in [3.63, 3.8) is 0 Å². The molecule has 6 aromatic rings. The minimum Gasteiger partial charge on any atom is -0.462 e. The van der Waals surface area contributed by atoms with Crippen LogP contribution < -0.4 is 31.5 Å². The summed E-state index contributed by atoms with van der Waals surface area (Å²) in [4.78, 5) is 80.6. The summed E-state index contributed by atoms with van der Waals surface area (Å²) in [6.07, 6.45) is 51.0. The Bertz CT molecular complexity index is 4020. The molecular formula is C97H134N10O8. The van der Waals surface area contributed by atoms with Crippen LogP contribution in [-0.4, -0.2) is 71.6 Å². The Morgan fingerprint density at radius 2 is 0.678 bits per heavy atom. The number of ether oxygens (including phenoxy) is 2. The maximum atomic E-state index is 13.8. The fourth-order valence-electron chi connectivity index (χ4n) is 15.4. The number of unbranched alkanes of at least 4 members (excludes halogenated alkanes) is 31. The average Bonchev–Trinajstić information content (AvgIpc) is 1.67. The highest BCUT2D eigenvalue weighted by Crippen LogP contribution is 2.35. The molecule has 115 heavy (non-hydrogen) atoms. The molecule has 0 spiro atoms. The normalized spacial score (nSPS) is 14.0. The van der Waals surface area contributed by atoms with Crippen molar-refractivity contribution < 1.29 is 38.2 Å². The molecule has 0 fully saturated rings. The van der Waals surface area contributed by atoms with Crippen LogP contribution in [0.3, 0.4) is 0 Å². The maximum absolute atomic E-state index is 13.8. The SMILES string of the molecule is CCCCCCCCCCCCc1ccc(NC(=O)c2ccc(N3N=C(C)/C(=N/Nc4ccccc4C(=O)OCCCCCCCCC(CCCCCCCCC)C(CCCCCCCCC)CCCCCCCCOC(=O)c4ccccc4N/N=C4\C(=O)N(c5ccc(C(=O)Nc6ccc(C)cc6)cc5)N=C4C)C3=O)cc2)cc1. The lowest BCUT2D eigenvalue weighted by Crippen LogP contribution is -2.28. The van der Waals surface area contributed by atoms with Gasteiger partial charge in [0.15, 0.2) is 11.4 Å². The second kappa shape index (κ2) is 52.8. The van der Waals surface area contributed by atoms with E-state index in [1.807, 2.05) is 43.3 Å². The van der Waals surface area contributed by atoms with Gasteiger partial charge >= 0.3 is 23.8 Å². The van der Waals surface area contributed by atoms with Crippen molar-refractivity contribution in [2.75, 3.05) is 44.7 Å². The summed E-state index contributed by atoms with van der Waals surface area (Å²) in [5.74, 6) is -0.775. The molecule has 8 rings (SSSR count). The number of aryl methyl sites for hydroxylation is 2. The average molecular weight is 1570 g/mol. The molecular weight excluding hydrogens is 1430 g/mol. The number of hydrogen-bond acceptors (Lipinski definition) is 14. The summed E-state index contributed by atoms with van der Waals surface area (Å²) in [6.45, 7) is 12.9. The van der Waals surface area contributed by atoms with E-state index in [1.54, 1.807) is 111 Å². The third kappa shape index (κ3) is 32.2. The Hall–Kier alpha value is -9.58. The summed E-state index contributed by atoms with van der Waals surface area (Å²) in [5.41, 5.74) is 14.1. The van der Waals surface area contributed by atoms with Crippen LogP contribution in [-0.2, 0) is 25.5 Å². The molecule has 18 nitrogen and oxygen atoms in total. The van der Waals surface area contributed by atoms with Crippen molar-refractivity contribution in [1.29, 1.82) is 0 Å². The van der Waals surface area contributed by atoms with Gasteiger partial charge in [0.2, 0.25) is 0 Å². The number of rotatable bonds is 58. The van der Waals surface area contributed by atoms with Crippen molar-refractivity contribution in [3.05, 3.63) is 179 Å². The fraction of sp³-hybridized carbons (Fsp3) is 0.526. The van der Waals surface area contributed by atoms with Crippen LogP contribution in [0.1, 0.15) is 344 Å². The van der Waals surface area contributed by atoms with E-state index in [0.717, 1.165) is 68.0 Å². The van der Waals surface area contributed by atoms with Crippen molar-refractivity contribution in [3.8, 4) is 0 Å². The number of carbonyl (C=O) groups is 6. The minimum absolute atomic E-state index is 0.105. The zero-order valence-electron chi connectivity index (χ0n) is 70.4. The quantitative estimate of drug-likeness (QED) is 0.0160. The van der Waals surface area contributed by atoms with E-state index in [9.17, 15) is 28.8 Å². The molecule has 0 radical (unpaired) electrons. The number of benzene rings is 6. The predicted octanol–water partition coefficient (Wildman–Crippen LogP) is 25.3. The summed E-state index contributed by atoms with van der Waals surface area (Å²) in [5, 5.41) is 26.3. The fourth-order valence-corrected chi connectivity index (χ4v) is 15.4. The summed E-state index contributed by atoms with van der Waals surface area (Å²) in [7, 11) is 0. The topological polar surface area (TPSA) is 225 Å². The Kier molecular flexibility index (Phi) is 41.8. The molecule has 4 N–H and O–H groups in total. The van der Waals surface area contributed by atoms with Crippen LogP contribution in [0.15, 0.2) is 166 Å². The third-order valence-electron chi connectivity index (χ3n) is 22.4. The molecule has 18 heteroatoms. The Morgan fingerprint density at radius 1 is 0.365 bits per heavy atom. The molecule has 2 heterocycles. The lowest BCUT2D eigenvalue weighted by molar-refractivity contribution is -0.112. The number of carbonyl (C=O) groups excluding carboxylic acids is 6. The molecule has 2 aliphatic rings. The predicted molar refractivity (Wildman–Crippen MR) is 476 cm³/mol. The van der Waals surface area contributed by atoms with Crippen molar-refractivity contribution in [2.24, 2.45) is 32.2 Å². The van der Waals surface area contributed by atoms with E-state index in [1.165, 1.54) is 234 Å². The van der Waals surface area contributed by atoms with Gasteiger partial charge < -0.3 is 20.1 Å². The molecule has 2 aliphatic heterocycles. The van der Waals surface area contributed by atoms with E-state index in [-0.39, 0.29) is 23.2 Å². The van der Waals surface area contributed by atoms with E-state index >= 15 is 0 Å². The Morgan fingerprint density at radius 3 is 1.03 bits per heavy atom. The molecule has 0 aliphatic carbocycles. The zero-order valence-corrected chi connectivity index (χ0v) is 70.4. The third-order valence-corrected chi connectivity index (χ3v) is 22.4. The first kappa shape index (κ1) is 91.0. The van der Waals surface area contributed by atoms with Gasteiger partial charge in [-0.25, -0.2) is 9.59 Å². The highest BCUT2D eigenvalue weighted by molar-refractivity contribution is 6.72. The largest absolute Gasteiger partial charge is 0.462 e. The molecule has 0 aromatic heterocycles. The summed E-state index contributed by atoms with van der Waals surface area (Å²) in [6, 6.07) is 43.1. The second-order valence-corrected chi connectivity index (χ2v) is 31.8. The molecule has 0 saturated carbocycles. The zero-order chi connectivity index (χ0) is 81.5. The second-order valence-electron chi connectivity index (χ2n) is 31.8. The number of anilines is 6. The number of nitrogens with zero attached hydrogens (tertiary/aromatic N) is 6. The lowest BCUT2D eigenvalue weighted by atomic mass is 9.78. The Labute approximate surface area is 687 Å². The summed E-state index contributed by atoms with van der Waals surface area (Å²) < 4.78 is 11.6. The van der Waals surface area contributed by atoms with Gasteiger partial charge in [-0.15, -0.1) is 0 Å². The minimum atomic E-state index is -0.452. The van der Waals surface area contributed by atoms with Gasteiger partial charge in [-0.3, -0.25) is 30.0 Å². The highest BCUT2D eigenvalue weighted by Gasteiger charge is 2.33. The van der Waals surface area contributed by atoms with E-state index in [0.29, 0.717) is 75.3 Å². The number of para-hydroxylation sites is 2. The number of nitrogens with one attached hydrogen (secondary N) is 4. The van der Waals surface area contributed by atoms with Crippen LogP contribution in [0.2, 0.25) is 0 Å². The van der Waals surface area contributed by atoms with Crippen LogP contribution in [0.4, 0.5) is 34.1 Å². The molecule has 0 saturated heterocycles. The molecule has 0 bridgehead atoms. The number of amides is 4. The van der Waals surface area contributed by atoms with E-state index < -0.39 is 23.8 Å². The number of esters is 2. The van der Waals surface area contributed by atoms with E-state index in [2.05, 4.69) is 74.8 Å². The van der Waals surface area contributed by atoms with Crippen molar-refractivity contribution in [2.45, 2.75) is 305 Å².